The van der Waals surface area contributed by atoms with Gasteiger partial charge < -0.3 is 15.5 Å². The molecule has 3 atom stereocenters. The summed E-state index contributed by atoms with van der Waals surface area (Å²) in [5.74, 6) is 0. The highest BCUT2D eigenvalue weighted by Gasteiger charge is 2.38. The molecule has 0 amide bonds. The Balaban J connectivity index is 1.85. The molecule has 2 aromatic rings. The average molecular weight is 486 g/mol. The molecule has 3 rings (SSSR count). The zero-order chi connectivity index (χ0) is 25.0. The van der Waals surface area contributed by atoms with Crippen LogP contribution < -0.4 is 16.4 Å². The lowest BCUT2D eigenvalue weighted by molar-refractivity contribution is 0.0691. The van der Waals surface area contributed by atoms with E-state index in [4.69, 9.17) is 23.1 Å². The van der Waals surface area contributed by atoms with Crippen LogP contribution in [0.5, 0.6) is 0 Å². The van der Waals surface area contributed by atoms with Gasteiger partial charge in [0.15, 0.2) is 0 Å². The molecule has 0 spiro atoms. The summed E-state index contributed by atoms with van der Waals surface area (Å²) in [6, 6.07) is 15.1. The van der Waals surface area contributed by atoms with E-state index in [2.05, 4.69) is 86.6 Å². The Bertz CT molecular complexity index is 919. The fraction of sp³-hybridized carbons (Fsp3) is 0.571. The van der Waals surface area contributed by atoms with Crippen LogP contribution in [-0.2, 0) is 12.0 Å². The van der Waals surface area contributed by atoms with E-state index in [1.807, 2.05) is 12.1 Å². The van der Waals surface area contributed by atoms with Gasteiger partial charge in [-0.1, -0.05) is 76.6 Å². The lowest BCUT2D eigenvalue weighted by atomic mass is 9.86. The fourth-order valence-corrected chi connectivity index (χ4v) is 5.13. The molecule has 1 aliphatic heterocycles. The monoisotopic (exact) mass is 485 g/mol. The maximum absolute atomic E-state index is 6.93. The van der Waals surface area contributed by atoms with Gasteiger partial charge in [0.05, 0.1) is 6.17 Å². The van der Waals surface area contributed by atoms with Gasteiger partial charge in [-0.25, -0.2) is 4.90 Å². The SMILES string of the molecule is CCN(CC)CCCC(C)N1C(N)c2ccc(Cl)cc2N(Cc2ccc(C(C)(C)C)cc2)C1N. The third-order valence-electron chi connectivity index (χ3n) is 7.24. The largest absolute Gasteiger partial charge is 0.339 e. The maximum Gasteiger partial charge on any atom is 0.136 e. The number of benzene rings is 2. The lowest BCUT2D eigenvalue weighted by Gasteiger charge is -2.49. The molecule has 0 saturated carbocycles. The predicted octanol–water partition coefficient (Wildman–Crippen LogP) is 5.67. The minimum atomic E-state index is -0.327. The minimum Gasteiger partial charge on any atom is -0.339 e. The third kappa shape index (κ3) is 6.13. The first-order valence-corrected chi connectivity index (χ1v) is 13.1. The van der Waals surface area contributed by atoms with E-state index in [0.717, 1.165) is 43.7 Å². The summed E-state index contributed by atoms with van der Waals surface area (Å²) in [6.07, 6.45) is 1.59. The summed E-state index contributed by atoms with van der Waals surface area (Å²) < 4.78 is 0. The smallest absolute Gasteiger partial charge is 0.136 e. The van der Waals surface area contributed by atoms with Crippen molar-refractivity contribution in [3.8, 4) is 0 Å². The molecule has 5 nitrogen and oxygen atoms in total. The zero-order valence-corrected chi connectivity index (χ0v) is 22.6. The second-order valence-electron chi connectivity index (χ2n) is 10.6. The molecule has 4 N–H and O–H groups in total. The van der Waals surface area contributed by atoms with Crippen molar-refractivity contribution in [2.75, 3.05) is 24.5 Å². The maximum atomic E-state index is 6.93. The number of halogens is 1. The van der Waals surface area contributed by atoms with Gasteiger partial charge in [-0.15, -0.1) is 0 Å². The van der Waals surface area contributed by atoms with Crippen molar-refractivity contribution in [3.63, 3.8) is 0 Å². The second kappa shape index (κ2) is 11.4. The van der Waals surface area contributed by atoms with Gasteiger partial charge in [0, 0.05) is 28.9 Å². The zero-order valence-electron chi connectivity index (χ0n) is 21.9. The molecule has 34 heavy (non-hydrogen) atoms. The number of nitrogens with two attached hydrogens (primary N) is 2. The highest BCUT2D eigenvalue weighted by Crippen LogP contribution is 2.39. The van der Waals surface area contributed by atoms with Crippen LogP contribution in [0.15, 0.2) is 42.5 Å². The number of fused-ring (bicyclic) bond motifs is 1. The van der Waals surface area contributed by atoms with E-state index in [1.54, 1.807) is 0 Å². The Hall–Kier alpha value is -1.63. The Labute approximate surface area is 212 Å². The van der Waals surface area contributed by atoms with Gasteiger partial charge in [-0.05, 0) is 68.1 Å². The number of rotatable bonds is 9. The van der Waals surface area contributed by atoms with Crippen LogP contribution in [0.25, 0.3) is 0 Å². The molecule has 0 aliphatic carbocycles. The molecule has 0 aromatic heterocycles. The molecule has 0 saturated heterocycles. The molecule has 0 radical (unpaired) electrons. The summed E-state index contributed by atoms with van der Waals surface area (Å²) in [6.45, 7) is 17.4. The summed E-state index contributed by atoms with van der Waals surface area (Å²) in [4.78, 5) is 6.98. The van der Waals surface area contributed by atoms with E-state index in [-0.39, 0.29) is 23.9 Å². The van der Waals surface area contributed by atoms with Crippen molar-refractivity contribution >= 4 is 17.3 Å². The third-order valence-corrected chi connectivity index (χ3v) is 7.47. The van der Waals surface area contributed by atoms with Crippen LogP contribution in [0, 0.1) is 0 Å². The van der Waals surface area contributed by atoms with Crippen molar-refractivity contribution in [3.05, 3.63) is 64.2 Å². The van der Waals surface area contributed by atoms with Crippen molar-refractivity contribution in [2.24, 2.45) is 11.5 Å². The first kappa shape index (κ1) is 27.0. The Morgan fingerprint density at radius 2 is 1.68 bits per heavy atom. The molecule has 0 bridgehead atoms. The summed E-state index contributed by atoms with van der Waals surface area (Å²) >= 11 is 6.41. The summed E-state index contributed by atoms with van der Waals surface area (Å²) in [5, 5.41) is 0.701. The number of hydrogen-bond donors (Lipinski definition) is 2. The molecule has 6 heteroatoms. The van der Waals surface area contributed by atoms with E-state index in [9.17, 15) is 0 Å². The number of nitrogens with zero attached hydrogens (tertiary/aromatic N) is 3. The number of hydrogen-bond acceptors (Lipinski definition) is 5. The van der Waals surface area contributed by atoms with Crippen molar-refractivity contribution < 1.29 is 0 Å². The van der Waals surface area contributed by atoms with Crippen molar-refractivity contribution in [1.29, 1.82) is 0 Å². The Morgan fingerprint density at radius 1 is 1.03 bits per heavy atom. The van der Waals surface area contributed by atoms with Crippen molar-refractivity contribution in [1.82, 2.24) is 9.80 Å². The molecule has 1 aliphatic rings. The molecule has 188 valence electrons. The van der Waals surface area contributed by atoms with Crippen LogP contribution in [-0.4, -0.2) is 41.8 Å². The van der Waals surface area contributed by atoms with Gasteiger partial charge >= 0.3 is 0 Å². The standard InChI is InChI=1S/C28H44ClN5/c1-7-32(8-2)17-9-10-20(3)34-26(30)24-16-15-23(29)18-25(24)33(27(34)31)19-21-11-13-22(14-12-21)28(4,5)6/h11-16,18,20,26-27H,7-10,17,19,30-31H2,1-6H3. The van der Waals surface area contributed by atoms with Crippen LogP contribution >= 0.6 is 11.6 Å². The van der Waals surface area contributed by atoms with E-state index < -0.39 is 0 Å². The topological polar surface area (TPSA) is 61.8 Å². The van der Waals surface area contributed by atoms with Crippen LogP contribution in [0.4, 0.5) is 5.69 Å². The Morgan fingerprint density at radius 3 is 2.26 bits per heavy atom. The van der Waals surface area contributed by atoms with Crippen LogP contribution in [0.2, 0.25) is 5.02 Å². The lowest BCUT2D eigenvalue weighted by Crippen LogP contribution is -2.62. The van der Waals surface area contributed by atoms with Gasteiger partial charge in [-0.3, -0.25) is 5.73 Å². The minimum absolute atomic E-state index is 0.129. The first-order valence-electron chi connectivity index (χ1n) is 12.7. The normalized spacial score (nSPS) is 20.0. The predicted molar refractivity (Wildman–Crippen MR) is 146 cm³/mol. The molecule has 0 fully saturated rings. The highest BCUT2D eigenvalue weighted by atomic mass is 35.5. The van der Waals surface area contributed by atoms with Crippen LogP contribution in [0.1, 0.15) is 77.2 Å². The van der Waals surface area contributed by atoms with Crippen LogP contribution in [0.3, 0.4) is 0 Å². The van der Waals surface area contributed by atoms with Gasteiger partial charge in [0.2, 0.25) is 0 Å². The van der Waals surface area contributed by atoms with E-state index >= 15 is 0 Å². The van der Waals surface area contributed by atoms with Gasteiger partial charge in [0.25, 0.3) is 0 Å². The van der Waals surface area contributed by atoms with Gasteiger partial charge in [-0.2, -0.15) is 0 Å². The second-order valence-corrected chi connectivity index (χ2v) is 11.0. The fourth-order valence-electron chi connectivity index (χ4n) is 4.96. The van der Waals surface area contributed by atoms with E-state index in [1.165, 1.54) is 11.1 Å². The van der Waals surface area contributed by atoms with Crippen molar-refractivity contribution in [2.45, 2.75) is 84.8 Å². The summed E-state index contributed by atoms with van der Waals surface area (Å²) in [5.41, 5.74) is 18.5. The quantitative estimate of drug-likeness (QED) is 0.479. The van der Waals surface area contributed by atoms with Gasteiger partial charge in [0.1, 0.15) is 6.29 Å². The first-order chi connectivity index (χ1) is 16.1. The molecule has 2 aromatic carbocycles. The molecular weight excluding hydrogens is 442 g/mol. The number of anilines is 1. The summed E-state index contributed by atoms with van der Waals surface area (Å²) in [7, 11) is 0. The Kier molecular flexibility index (Phi) is 9.04. The average Bonchev–Trinajstić information content (AvgIpc) is 2.79. The molecule has 3 unspecified atom stereocenters. The van der Waals surface area contributed by atoms with E-state index in [0.29, 0.717) is 11.6 Å². The molecule has 1 heterocycles. The molecular formula is C28H44ClN5. The highest BCUT2D eigenvalue weighted by molar-refractivity contribution is 6.30.